The molecule has 6 nitrogen and oxygen atoms in total. The van der Waals surface area contributed by atoms with Gasteiger partial charge in [-0.3, -0.25) is 0 Å². The van der Waals surface area contributed by atoms with E-state index in [0.29, 0.717) is 30.4 Å². The highest BCUT2D eigenvalue weighted by molar-refractivity contribution is 5.74. The molecular formula is C18H20N6. The topological polar surface area (TPSA) is 93.1 Å². The first kappa shape index (κ1) is 15.8. The molecule has 0 fully saturated rings. The average Bonchev–Trinajstić information content (AvgIpc) is 2.63. The van der Waals surface area contributed by atoms with E-state index in [4.69, 9.17) is 11.6 Å². The molecule has 6 heteroatoms. The molecule has 0 aliphatic carbocycles. The summed E-state index contributed by atoms with van der Waals surface area (Å²) < 4.78 is 0. The van der Waals surface area contributed by atoms with Crippen LogP contribution in [0.3, 0.4) is 0 Å². The molecule has 0 amide bonds. The third-order valence-corrected chi connectivity index (χ3v) is 3.73. The van der Waals surface area contributed by atoms with Crippen molar-refractivity contribution in [2.75, 3.05) is 16.1 Å². The van der Waals surface area contributed by atoms with Gasteiger partial charge in [-0.15, -0.1) is 0 Å². The SMILES string of the molecule is NNc1ncnc(N(Cc2ccccc2)Cc2ccccc2)c1N. The smallest absolute Gasteiger partial charge is 0.168 e. The van der Waals surface area contributed by atoms with Crippen LogP contribution in [0.5, 0.6) is 0 Å². The summed E-state index contributed by atoms with van der Waals surface area (Å²) in [7, 11) is 0. The van der Waals surface area contributed by atoms with Crippen LogP contribution in [-0.2, 0) is 13.1 Å². The fourth-order valence-electron chi connectivity index (χ4n) is 2.57. The number of nitrogens with one attached hydrogen (secondary N) is 1. The number of hydrazine groups is 1. The van der Waals surface area contributed by atoms with Crippen LogP contribution in [-0.4, -0.2) is 9.97 Å². The molecule has 0 aliphatic rings. The van der Waals surface area contributed by atoms with Crippen molar-refractivity contribution < 1.29 is 0 Å². The third-order valence-electron chi connectivity index (χ3n) is 3.73. The summed E-state index contributed by atoms with van der Waals surface area (Å²) in [6, 6.07) is 20.4. The standard InChI is InChI=1S/C18H20N6/c19-16-17(23-20)21-13-22-18(16)24(11-14-7-3-1-4-8-14)12-15-9-5-2-6-10-15/h1-10,13H,11-12,19-20H2,(H,21,22,23). The van der Waals surface area contributed by atoms with Gasteiger partial charge in [0, 0.05) is 13.1 Å². The van der Waals surface area contributed by atoms with E-state index in [1.165, 1.54) is 17.5 Å². The molecule has 0 unspecified atom stereocenters. The Morgan fingerprint density at radius 2 is 1.38 bits per heavy atom. The molecule has 0 atom stereocenters. The van der Waals surface area contributed by atoms with Crippen molar-refractivity contribution in [3.63, 3.8) is 0 Å². The summed E-state index contributed by atoms with van der Waals surface area (Å²) >= 11 is 0. The Kier molecular flexibility index (Phi) is 4.88. The van der Waals surface area contributed by atoms with Crippen molar-refractivity contribution in [1.29, 1.82) is 0 Å². The summed E-state index contributed by atoms with van der Waals surface area (Å²) in [6.07, 6.45) is 1.46. The Morgan fingerprint density at radius 3 is 1.88 bits per heavy atom. The number of nitrogens with two attached hydrogens (primary N) is 2. The summed E-state index contributed by atoms with van der Waals surface area (Å²) in [5.41, 5.74) is 11.5. The van der Waals surface area contributed by atoms with Crippen molar-refractivity contribution in [3.05, 3.63) is 78.1 Å². The van der Waals surface area contributed by atoms with Crippen LogP contribution < -0.4 is 21.9 Å². The normalized spacial score (nSPS) is 10.4. The van der Waals surface area contributed by atoms with E-state index in [0.717, 1.165) is 0 Å². The maximum Gasteiger partial charge on any atom is 0.168 e. The van der Waals surface area contributed by atoms with Crippen LogP contribution >= 0.6 is 0 Å². The van der Waals surface area contributed by atoms with Crippen molar-refractivity contribution in [3.8, 4) is 0 Å². The van der Waals surface area contributed by atoms with Gasteiger partial charge < -0.3 is 16.1 Å². The molecule has 0 saturated heterocycles. The molecular weight excluding hydrogens is 300 g/mol. The van der Waals surface area contributed by atoms with E-state index >= 15 is 0 Å². The molecule has 0 aliphatic heterocycles. The fraction of sp³-hybridized carbons (Fsp3) is 0.111. The molecule has 0 radical (unpaired) electrons. The van der Waals surface area contributed by atoms with Gasteiger partial charge in [0.2, 0.25) is 0 Å². The second kappa shape index (κ2) is 7.43. The zero-order valence-corrected chi connectivity index (χ0v) is 13.3. The van der Waals surface area contributed by atoms with E-state index in [9.17, 15) is 0 Å². The fourth-order valence-corrected chi connectivity index (χ4v) is 2.57. The second-order valence-corrected chi connectivity index (χ2v) is 5.43. The van der Waals surface area contributed by atoms with E-state index in [1.807, 2.05) is 36.4 Å². The third kappa shape index (κ3) is 3.61. The van der Waals surface area contributed by atoms with Crippen LogP contribution in [0.4, 0.5) is 17.3 Å². The van der Waals surface area contributed by atoms with Gasteiger partial charge in [0.05, 0.1) is 0 Å². The highest BCUT2D eigenvalue weighted by Gasteiger charge is 2.16. The number of nitrogens with zero attached hydrogens (tertiary/aromatic N) is 3. The van der Waals surface area contributed by atoms with Gasteiger partial charge in [0.15, 0.2) is 11.6 Å². The van der Waals surface area contributed by atoms with Crippen LogP contribution in [0.25, 0.3) is 0 Å². The van der Waals surface area contributed by atoms with Crippen molar-refractivity contribution in [2.24, 2.45) is 5.84 Å². The molecule has 3 aromatic rings. The van der Waals surface area contributed by atoms with Crippen LogP contribution in [0.2, 0.25) is 0 Å². The molecule has 2 aromatic carbocycles. The number of aromatic nitrogens is 2. The molecule has 1 aromatic heterocycles. The maximum absolute atomic E-state index is 6.19. The molecule has 0 saturated carbocycles. The minimum atomic E-state index is 0.422. The number of anilines is 3. The molecule has 1 heterocycles. The van der Waals surface area contributed by atoms with Gasteiger partial charge in [0.1, 0.15) is 12.0 Å². The molecule has 5 N–H and O–H groups in total. The lowest BCUT2D eigenvalue weighted by molar-refractivity contribution is 0.782. The lowest BCUT2D eigenvalue weighted by Gasteiger charge is -2.25. The predicted molar refractivity (Wildman–Crippen MR) is 97.0 cm³/mol. The Hall–Kier alpha value is -3.12. The van der Waals surface area contributed by atoms with Gasteiger partial charge in [0.25, 0.3) is 0 Å². The highest BCUT2D eigenvalue weighted by atomic mass is 15.3. The van der Waals surface area contributed by atoms with E-state index in [2.05, 4.69) is 44.6 Å². The molecule has 122 valence electrons. The van der Waals surface area contributed by atoms with Crippen molar-refractivity contribution >= 4 is 17.3 Å². The average molecular weight is 320 g/mol. The second-order valence-electron chi connectivity index (χ2n) is 5.43. The van der Waals surface area contributed by atoms with Crippen molar-refractivity contribution in [1.82, 2.24) is 9.97 Å². The van der Waals surface area contributed by atoms with Gasteiger partial charge in [-0.25, -0.2) is 15.8 Å². The Balaban J connectivity index is 1.95. The Labute approximate surface area is 141 Å². The summed E-state index contributed by atoms with van der Waals surface area (Å²) in [6.45, 7) is 1.36. The molecule has 0 spiro atoms. The number of nitrogen functional groups attached to an aromatic ring is 2. The monoisotopic (exact) mass is 320 g/mol. The van der Waals surface area contributed by atoms with E-state index in [-0.39, 0.29) is 0 Å². The molecule has 0 bridgehead atoms. The van der Waals surface area contributed by atoms with Gasteiger partial charge in [-0.2, -0.15) is 0 Å². The highest BCUT2D eigenvalue weighted by Crippen LogP contribution is 2.28. The van der Waals surface area contributed by atoms with E-state index < -0.39 is 0 Å². The Morgan fingerprint density at radius 1 is 0.833 bits per heavy atom. The summed E-state index contributed by atoms with van der Waals surface area (Å²) in [4.78, 5) is 10.5. The zero-order valence-electron chi connectivity index (χ0n) is 13.3. The van der Waals surface area contributed by atoms with Crippen LogP contribution in [0, 0.1) is 0 Å². The first-order valence-electron chi connectivity index (χ1n) is 7.68. The summed E-state index contributed by atoms with van der Waals surface area (Å²) in [5, 5.41) is 0. The lowest BCUT2D eigenvalue weighted by atomic mass is 10.1. The largest absolute Gasteiger partial charge is 0.393 e. The minimum absolute atomic E-state index is 0.422. The van der Waals surface area contributed by atoms with Crippen molar-refractivity contribution in [2.45, 2.75) is 13.1 Å². The lowest BCUT2D eigenvalue weighted by Crippen LogP contribution is -2.25. The van der Waals surface area contributed by atoms with E-state index in [1.54, 1.807) is 0 Å². The zero-order chi connectivity index (χ0) is 16.8. The quantitative estimate of drug-likeness (QED) is 0.477. The summed E-state index contributed by atoms with van der Waals surface area (Å²) in [5.74, 6) is 6.57. The Bertz CT molecular complexity index is 735. The van der Waals surface area contributed by atoms with Gasteiger partial charge in [-0.05, 0) is 11.1 Å². The maximum atomic E-state index is 6.19. The predicted octanol–water partition coefficient (Wildman–Crippen LogP) is 2.55. The van der Waals surface area contributed by atoms with Crippen LogP contribution in [0.15, 0.2) is 67.0 Å². The first-order valence-corrected chi connectivity index (χ1v) is 7.68. The van der Waals surface area contributed by atoms with Gasteiger partial charge >= 0.3 is 0 Å². The molecule has 3 rings (SSSR count). The number of benzene rings is 2. The molecule has 24 heavy (non-hydrogen) atoms. The minimum Gasteiger partial charge on any atom is -0.393 e. The van der Waals surface area contributed by atoms with Gasteiger partial charge in [-0.1, -0.05) is 60.7 Å². The first-order chi connectivity index (χ1) is 11.8. The number of rotatable bonds is 6. The van der Waals surface area contributed by atoms with Crippen LogP contribution in [0.1, 0.15) is 11.1 Å². The number of hydrogen-bond acceptors (Lipinski definition) is 6. The number of hydrogen-bond donors (Lipinski definition) is 3.